The maximum Gasteiger partial charge on any atom is 0.339 e. The van der Waals surface area contributed by atoms with Crippen molar-refractivity contribution >= 4 is 10.1 Å². The largest absolute Gasteiger partial charge is 0.387 e. The molecule has 122 valence electrons. The molecule has 2 aromatic carbocycles. The van der Waals surface area contributed by atoms with E-state index in [2.05, 4.69) is 11.9 Å². The van der Waals surface area contributed by atoms with Crippen molar-refractivity contribution in [1.82, 2.24) is 5.32 Å². The molecule has 0 aromatic heterocycles. The summed E-state index contributed by atoms with van der Waals surface area (Å²) in [5.74, 6) is 0.198. The number of benzene rings is 2. The molecule has 0 heterocycles. The molecular weight excluding hydrogens is 314 g/mol. The van der Waals surface area contributed by atoms with Crippen LogP contribution in [0.25, 0.3) is 0 Å². The smallest absolute Gasteiger partial charge is 0.339 e. The second-order valence-corrected chi connectivity index (χ2v) is 6.43. The number of hydrogen-bond donors (Lipinski definition) is 2. The first-order valence-electron chi connectivity index (χ1n) is 7.12. The second kappa shape index (κ2) is 7.92. The first-order chi connectivity index (χ1) is 11.0. The molecule has 1 atom stereocenters. The molecule has 0 aliphatic rings. The SMILES string of the molecule is C=CCNCC(O)c1ccc(OS(=O)(=O)c2ccccc2)cc1. The lowest BCUT2D eigenvalue weighted by molar-refractivity contribution is 0.176. The Hall–Kier alpha value is -2.15. The molecule has 0 saturated heterocycles. The summed E-state index contributed by atoms with van der Waals surface area (Å²) in [7, 11) is -3.85. The molecule has 0 amide bonds. The molecule has 0 spiro atoms. The molecule has 5 nitrogen and oxygen atoms in total. The van der Waals surface area contributed by atoms with Gasteiger partial charge in [-0.1, -0.05) is 36.4 Å². The summed E-state index contributed by atoms with van der Waals surface area (Å²) in [6.45, 7) is 4.57. The average molecular weight is 333 g/mol. The standard InChI is InChI=1S/C17H19NO4S/c1-2-12-18-13-17(19)14-8-10-15(11-9-14)22-23(20,21)16-6-4-3-5-7-16/h2-11,17-19H,1,12-13H2. The molecule has 2 N–H and O–H groups in total. The number of aliphatic hydroxyl groups excluding tert-OH is 1. The Morgan fingerprint density at radius 3 is 2.39 bits per heavy atom. The van der Waals surface area contributed by atoms with Crippen molar-refractivity contribution in [3.63, 3.8) is 0 Å². The van der Waals surface area contributed by atoms with E-state index in [1.54, 1.807) is 36.4 Å². The van der Waals surface area contributed by atoms with Crippen LogP contribution in [-0.2, 0) is 10.1 Å². The van der Waals surface area contributed by atoms with Crippen molar-refractivity contribution in [2.45, 2.75) is 11.0 Å². The Bertz CT molecular complexity index is 727. The lowest BCUT2D eigenvalue weighted by atomic mass is 10.1. The molecule has 0 radical (unpaired) electrons. The molecule has 1 unspecified atom stereocenters. The fourth-order valence-corrected chi connectivity index (χ4v) is 2.90. The van der Waals surface area contributed by atoms with Gasteiger partial charge >= 0.3 is 10.1 Å². The Balaban J connectivity index is 2.04. The van der Waals surface area contributed by atoms with Gasteiger partial charge in [-0.25, -0.2) is 0 Å². The monoisotopic (exact) mass is 333 g/mol. The quantitative estimate of drug-likeness (QED) is 0.440. The summed E-state index contributed by atoms with van der Waals surface area (Å²) in [5, 5.41) is 13.0. The van der Waals surface area contributed by atoms with Gasteiger partial charge in [-0.2, -0.15) is 8.42 Å². The van der Waals surface area contributed by atoms with E-state index in [-0.39, 0.29) is 10.6 Å². The molecule has 23 heavy (non-hydrogen) atoms. The van der Waals surface area contributed by atoms with Crippen molar-refractivity contribution in [2.24, 2.45) is 0 Å². The fourth-order valence-electron chi connectivity index (χ4n) is 1.95. The highest BCUT2D eigenvalue weighted by Crippen LogP contribution is 2.21. The first kappa shape index (κ1) is 17.2. The molecule has 2 rings (SSSR count). The van der Waals surface area contributed by atoms with E-state index in [0.717, 1.165) is 0 Å². The summed E-state index contributed by atoms with van der Waals surface area (Å²) >= 11 is 0. The zero-order chi connectivity index (χ0) is 16.7. The minimum absolute atomic E-state index is 0.0951. The van der Waals surface area contributed by atoms with Crippen molar-refractivity contribution in [2.75, 3.05) is 13.1 Å². The predicted molar refractivity (Wildman–Crippen MR) is 88.7 cm³/mol. The summed E-state index contributed by atoms with van der Waals surface area (Å²) < 4.78 is 29.3. The van der Waals surface area contributed by atoms with Crippen molar-refractivity contribution in [3.8, 4) is 5.75 Å². The van der Waals surface area contributed by atoms with E-state index in [1.165, 1.54) is 24.3 Å². The van der Waals surface area contributed by atoms with Gasteiger partial charge in [0.25, 0.3) is 0 Å². The minimum atomic E-state index is -3.85. The topological polar surface area (TPSA) is 75.6 Å². The van der Waals surface area contributed by atoms with Crippen LogP contribution in [0, 0.1) is 0 Å². The summed E-state index contributed by atoms with van der Waals surface area (Å²) in [5.41, 5.74) is 0.672. The Morgan fingerprint density at radius 1 is 1.13 bits per heavy atom. The van der Waals surface area contributed by atoms with Gasteiger partial charge in [0.15, 0.2) is 0 Å². The van der Waals surface area contributed by atoms with Crippen LogP contribution in [-0.4, -0.2) is 26.6 Å². The van der Waals surface area contributed by atoms with Crippen LogP contribution in [0.5, 0.6) is 5.75 Å². The third-order valence-corrected chi connectivity index (χ3v) is 4.39. The van der Waals surface area contributed by atoms with Crippen molar-refractivity contribution < 1.29 is 17.7 Å². The number of aliphatic hydroxyl groups is 1. The van der Waals surface area contributed by atoms with E-state index in [0.29, 0.717) is 18.7 Å². The summed E-state index contributed by atoms with van der Waals surface area (Å²) in [4.78, 5) is 0.0951. The summed E-state index contributed by atoms with van der Waals surface area (Å²) in [6.07, 6.45) is 1.02. The van der Waals surface area contributed by atoms with Gasteiger partial charge in [0, 0.05) is 13.1 Å². The molecular formula is C17H19NO4S. The highest BCUT2D eigenvalue weighted by Gasteiger charge is 2.16. The fraction of sp³-hybridized carbons (Fsp3) is 0.176. The van der Waals surface area contributed by atoms with Gasteiger partial charge in [0.1, 0.15) is 10.6 Å². The Labute approximate surface area is 136 Å². The van der Waals surface area contributed by atoms with Gasteiger partial charge in [-0.15, -0.1) is 6.58 Å². The third-order valence-electron chi connectivity index (χ3n) is 3.13. The molecule has 0 aliphatic heterocycles. The van der Waals surface area contributed by atoms with Crippen LogP contribution in [0.1, 0.15) is 11.7 Å². The van der Waals surface area contributed by atoms with Gasteiger partial charge < -0.3 is 14.6 Å². The highest BCUT2D eigenvalue weighted by atomic mass is 32.2. The lowest BCUT2D eigenvalue weighted by Crippen LogP contribution is -2.21. The van der Waals surface area contributed by atoms with Crippen LogP contribution < -0.4 is 9.50 Å². The maximum atomic E-state index is 12.1. The van der Waals surface area contributed by atoms with Crippen LogP contribution in [0.4, 0.5) is 0 Å². The second-order valence-electron chi connectivity index (χ2n) is 4.88. The van der Waals surface area contributed by atoms with Crippen LogP contribution in [0.2, 0.25) is 0 Å². The zero-order valence-electron chi connectivity index (χ0n) is 12.6. The van der Waals surface area contributed by atoms with Gasteiger partial charge in [-0.05, 0) is 29.8 Å². The average Bonchev–Trinajstić information content (AvgIpc) is 2.56. The molecule has 0 fully saturated rings. The van der Waals surface area contributed by atoms with Gasteiger partial charge in [-0.3, -0.25) is 0 Å². The molecule has 0 aliphatic carbocycles. The minimum Gasteiger partial charge on any atom is -0.387 e. The third kappa shape index (κ3) is 4.92. The van der Waals surface area contributed by atoms with E-state index >= 15 is 0 Å². The maximum absolute atomic E-state index is 12.1. The highest BCUT2D eigenvalue weighted by molar-refractivity contribution is 7.87. The van der Waals surface area contributed by atoms with E-state index in [9.17, 15) is 13.5 Å². The van der Waals surface area contributed by atoms with Crippen molar-refractivity contribution in [3.05, 3.63) is 72.8 Å². The van der Waals surface area contributed by atoms with E-state index < -0.39 is 16.2 Å². The number of hydrogen-bond acceptors (Lipinski definition) is 5. The zero-order valence-corrected chi connectivity index (χ0v) is 13.4. The number of rotatable bonds is 8. The molecule has 2 aromatic rings. The van der Waals surface area contributed by atoms with E-state index in [1.807, 2.05) is 0 Å². The molecule has 0 bridgehead atoms. The van der Waals surface area contributed by atoms with Crippen LogP contribution in [0.3, 0.4) is 0 Å². The Kier molecular flexibility index (Phi) is 5.92. The number of nitrogens with one attached hydrogen (secondary N) is 1. The van der Waals surface area contributed by atoms with Gasteiger partial charge in [0.2, 0.25) is 0 Å². The molecule has 0 saturated carbocycles. The molecule has 6 heteroatoms. The first-order valence-corrected chi connectivity index (χ1v) is 8.53. The summed E-state index contributed by atoms with van der Waals surface area (Å²) in [6, 6.07) is 14.2. The van der Waals surface area contributed by atoms with E-state index in [4.69, 9.17) is 4.18 Å². The lowest BCUT2D eigenvalue weighted by Gasteiger charge is -2.12. The van der Waals surface area contributed by atoms with Gasteiger partial charge in [0.05, 0.1) is 6.10 Å². The van der Waals surface area contributed by atoms with Crippen LogP contribution in [0.15, 0.2) is 72.1 Å². The normalized spacial score (nSPS) is 12.6. The van der Waals surface area contributed by atoms with Crippen molar-refractivity contribution in [1.29, 1.82) is 0 Å². The Morgan fingerprint density at radius 2 is 1.78 bits per heavy atom. The van der Waals surface area contributed by atoms with Crippen LogP contribution >= 0.6 is 0 Å². The predicted octanol–water partition coefficient (Wildman–Crippen LogP) is 2.26.